The molecule has 2 saturated heterocycles. The molecule has 0 aliphatic carbocycles. The van der Waals surface area contributed by atoms with Crippen molar-refractivity contribution < 1.29 is 14.3 Å². The molecule has 0 saturated carbocycles. The van der Waals surface area contributed by atoms with E-state index < -0.39 is 0 Å². The van der Waals surface area contributed by atoms with Crippen LogP contribution in [0.25, 0.3) is 0 Å². The van der Waals surface area contributed by atoms with Crippen LogP contribution in [0.3, 0.4) is 0 Å². The number of ether oxygens (including phenoxy) is 1. The van der Waals surface area contributed by atoms with Gasteiger partial charge in [-0.05, 0) is 12.8 Å². The lowest BCUT2D eigenvalue weighted by atomic mass is 9.97. The molecule has 0 spiro atoms. The molecule has 0 aromatic carbocycles. The van der Waals surface area contributed by atoms with Crippen molar-refractivity contribution in [1.82, 2.24) is 4.90 Å². The van der Waals surface area contributed by atoms with Crippen molar-refractivity contribution in [1.29, 1.82) is 0 Å². The molecule has 0 aromatic heterocycles. The number of rotatable bonds is 1. The summed E-state index contributed by atoms with van der Waals surface area (Å²) >= 11 is 0. The maximum absolute atomic E-state index is 11.7. The highest BCUT2D eigenvalue weighted by atomic mass is 16.5. The summed E-state index contributed by atoms with van der Waals surface area (Å²) in [4.78, 5) is 24.4. The van der Waals surface area contributed by atoms with Gasteiger partial charge in [0.05, 0.1) is 6.04 Å². The zero-order valence-corrected chi connectivity index (χ0v) is 8.86. The molecule has 4 heteroatoms. The SMILES string of the molecule is C=C1CCC2C(OC(C)=O)CCN2C1=O. The molecule has 82 valence electrons. The molecular weight excluding hydrogens is 194 g/mol. The summed E-state index contributed by atoms with van der Waals surface area (Å²) in [7, 11) is 0. The number of amides is 1. The first kappa shape index (κ1) is 10.2. The van der Waals surface area contributed by atoms with Gasteiger partial charge in [0.15, 0.2) is 0 Å². The van der Waals surface area contributed by atoms with E-state index in [0.717, 1.165) is 19.3 Å². The molecule has 0 aromatic rings. The van der Waals surface area contributed by atoms with Crippen molar-refractivity contribution in [2.24, 2.45) is 0 Å². The number of hydrogen-bond donors (Lipinski definition) is 0. The number of carbonyl (C=O) groups excluding carboxylic acids is 2. The van der Waals surface area contributed by atoms with Crippen LogP contribution in [0, 0.1) is 0 Å². The molecule has 4 nitrogen and oxygen atoms in total. The molecule has 2 fully saturated rings. The Morgan fingerprint density at radius 3 is 2.93 bits per heavy atom. The summed E-state index contributed by atoms with van der Waals surface area (Å²) in [5.41, 5.74) is 0.676. The van der Waals surface area contributed by atoms with Gasteiger partial charge in [0.2, 0.25) is 5.91 Å². The topological polar surface area (TPSA) is 46.6 Å². The lowest BCUT2D eigenvalue weighted by Gasteiger charge is -2.32. The molecule has 2 heterocycles. The molecule has 2 rings (SSSR count). The number of esters is 1. The minimum absolute atomic E-state index is 0.0286. The number of nitrogens with zero attached hydrogens (tertiary/aromatic N) is 1. The monoisotopic (exact) mass is 209 g/mol. The molecule has 0 radical (unpaired) electrons. The third-order valence-electron chi connectivity index (χ3n) is 3.11. The maximum atomic E-state index is 11.7. The zero-order chi connectivity index (χ0) is 11.0. The van der Waals surface area contributed by atoms with E-state index in [9.17, 15) is 9.59 Å². The van der Waals surface area contributed by atoms with Crippen LogP contribution in [0.2, 0.25) is 0 Å². The van der Waals surface area contributed by atoms with Gasteiger partial charge in [-0.25, -0.2) is 0 Å². The first-order valence-electron chi connectivity index (χ1n) is 5.25. The first-order valence-corrected chi connectivity index (χ1v) is 5.25. The summed E-state index contributed by atoms with van der Waals surface area (Å²) in [6, 6.07) is 0.0758. The normalized spacial score (nSPS) is 30.3. The van der Waals surface area contributed by atoms with E-state index in [0.29, 0.717) is 12.1 Å². The molecule has 15 heavy (non-hydrogen) atoms. The summed E-state index contributed by atoms with van der Waals surface area (Å²) in [5.74, 6) is -0.236. The summed E-state index contributed by atoms with van der Waals surface area (Å²) in [6.07, 6.45) is 2.23. The van der Waals surface area contributed by atoms with Gasteiger partial charge in [-0.2, -0.15) is 0 Å². The van der Waals surface area contributed by atoms with Crippen LogP contribution in [-0.4, -0.2) is 35.5 Å². The summed E-state index contributed by atoms with van der Waals surface area (Å²) in [5, 5.41) is 0. The Bertz CT molecular complexity index is 324. The van der Waals surface area contributed by atoms with E-state index in [1.54, 1.807) is 4.90 Å². The van der Waals surface area contributed by atoms with E-state index in [-0.39, 0.29) is 24.0 Å². The zero-order valence-electron chi connectivity index (χ0n) is 8.86. The van der Waals surface area contributed by atoms with Gasteiger partial charge < -0.3 is 9.64 Å². The van der Waals surface area contributed by atoms with Crippen molar-refractivity contribution >= 4 is 11.9 Å². The van der Waals surface area contributed by atoms with Crippen molar-refractivity contribution in [3.8, 4) is 0 Å². The molecule has 2 aliphatic rings. The Morgan fingerprint density at radius 2 is 2.27 bits per heavy atom. The van der Waals surface area contributed by atoms with Gasteiger partial charge in [0, 0.05) is 25.5 Å². The van der Waals surface area contributed by atoms with Gasteiger partial charge in [0.1, 0.15) is 6.10 Å². The van der Waals surface area contributed by atoms with Crippen LogP contribution < -0.4 is 0 Å². The highest BCUT2D eigenvalue weighted by Crippen LogP contribution is 2.31. The number of piperidine rings is 1. The van der Waals surface area contributed by atoms with Gasteiger partial charge in [-0.1, -0.05) is 6.58 Å². The standard InChI is InChI=1S/C11H15NO3/c1-7-3-4-9-10(15-8(2)13)5-6-12(9)11(7)14/h9-10H,1,3-6H2,2H3. The highest BCUT2D eigenvalue weighted by molar-refractivity contribution is 5.94. The van der Waals surface area contributed by atoms with Crippen molar-refractivity contribution in [3.63, 3.8) is 0 Å². The molecule has 2 aliphatic heterocycles. The molecule has 1 amide bonds. The second kappa shape index (κ2) is 3.68. The van der Waals surface area contributed by atoms with E-state index >= 15 is 0 Å². The highest BCUT2D eigenvalue weighted by Gasteiger charge is 2.42. The molecular formula is C11H15NO3. The molecule has 0 N–H and O–H groups in total. The van der Waals surface area contributed by atoms with Crippen molar-refractivity contribution in [2.45, 2.75) is 38.3 Å². The summed E-state index contributed by atoms with van der Waals surface area (Å²) < 4.78 is 5.20. The van der Waals surface area contributed by atoms with Crippen LogP contribution >= 0.6 is 0 Å². The Labute approximate surface area is 88.9 Å². The second-order valence-corrected chi connectivity index (χ2v) is 4.14. The predicted molar refractivity (Wildman–Crippen MR) is 54.0 cm³/mol. The van der Waals surface area contributed by atoms with Gasteiger partial charge in [-0.15, -0.1) is 0 Å². The Hall–Kier alpha value is -1.32. The Morgan fingerprint density at radius 1 is 1.53 bits per heavy atom. The van der Waals surface area contributed by atoms with Crippen LogP contribution in [-0.2, 0) is 14.3 Å². The third-order valence-corrected chi connectivity index (χ3v) is 3.11. The van der Waals surface area contributed by atoms with Crippen molar-refractivity contribution in [3.05, 3.63) is 12.2 Å². The minimum atomic E-state index is -0.265. The quantitative estimate of drug-likeness (QED) is 0.475. The number of carbonyl (C=O) groups is 2. The van der Waals surface area contributed by atoms with Crippen LogP contribution in [0.5, 0.6) is 0 Å². The lowest BCUT2D eigenvalue weighted by Crippen LogP contribution is -2.44. The fourth-order valence-corrected chi connectivity index (χ4v) is 2.40. The largest absolute Gasteiger partial charge is 0.460 e. The fraction of sp³-hybridized carbons (Fsp3) is 0.636. The van der Waals surface area contributed by atoms with E-state index in [1.807, 2.05) is 0 Å². The molecule has 0 bridgehead atoms. The Kier molecular flexibility index (Phi) is 2.50. The Balaban J connectivity index is 2.08. The van der Waals surface area contributed by atoms with E-state index in [1.165, 1.54) is 6.92 Å². The van der Waals surface area contributed by atoms with E-state index in [2.05, 4.69) is 6.58 Å². The fourth-order valence-electron chi connectivity index (χ4n) is 2.40. The average molecular weight is 209 g/mol. The third kappa shape index (κ3) is 1.76. The van der Waals surface area contributed by atoms with Crippen LogP contribution in [0.1, 0.15) is 26.2 Å². The maximum Gasteiger partial charge on any atom is 0.302 e. The second-order valence-electron chi connectivity index (χ2n) is 4.14. The van der Waals surface area contributed by atoms with Crippen molar-refractivity contribution in [2.75, 3.05) is 6.54 Å². The van der Waals surface area contributed by atoms with Crippen LogP contribution in [0.4, 0.5) is 0 Å². The molecule has 2 unspecified atom stereocenters. The number of fused-ring (bicyclic) bond motifs is 1. The van der Waals surface area contributed by atoms with Gasteiger partial charge in [0.25, 0.3) is 0 Å². The lowest BCUT2D eigenvalue weighted by molar-refractivity contribution is -0.149. The van der Waals surface area contributed by atoms with Gasteiger partial charge >= 0.3 is 5.97 Å². The first-order chi connectivity index (χ1) is 7.09. The smallest absolute Gasteiger partial charge is 0.302 e. The van der Waals surface area contributed by atoms with E-state index in [4.69, 9.17) is 4.74 Å². The van der Waals surface area contributed by atoms with Crippen LogP contribution in [0.15, 0.2) is 12.2 Å². The van der Waals surface area contributed by atoms with Gasteiger partial charge in [-0.3, -0.25) is 9.59 Å². The average Bonchev–Trinajstić information content (AvgIpc) is 2.55. The predicted octanol–water partition coefficient (Wildman–Crippen LogP) is 0.869. The molecule has 2 atom stereocenters. The summed E-state index contributed by atoms with van der Waals surface area (Å²) in [6.45, 7) is 5.83. The number of hydrogen-bond acceptors (Lipinski definition) is 3. The minimum Gasteiger partial charge on any atom is -0.460 e.